The molecule has 1 aromatic carbocycles. The van der Waals surface area contributed by atoms with Gasteiger partial charge in [-0.2, -0.15) is 0 Å². The molecule has 122 valence electrons. The van der Waals surface area contributed by atoms with E-state index in [0.29, 0.717) is 0 Å². The maximum absolute atomic E-state index is 12.1. The van der Waals surface area contributed by atoms with Crippen molar-refractivity contribution < 1.29 is 24.5 Å². The summed E-state index contributed by atoms with van der Waals surface area (Å²) in [5.74, 6) is -0.791. The maximum atomic E-state index is 12.1. The normalized spacial score (nSPS) is 18.6. The number of ether oxygens (including phenoxy) is 2. The number of nitrogens with zero attached hydrogens (tertiary/aromatic N) is 1. The van der Waals surface area contributed by atoms with Gasteiger partial charge in [0, 0.05) is 31.6 Å². The van der Waals surface area contributed by atoms with Gasteiger partial charge in [-0.3, -0.25) is 4.90 Å². The Kier molecular flexibility index (Phi) is 5.63. The molecule has 0 aromatic heterocycles. The lowest BCUT2D eigenvalue weighted by Crippen LogP contribution is -2.41. The van der Waals surface area contributed by atoms with Gasteiger partial charge in [-0.05, 0) is 19.1 Å². The Labute approximate surface area is 130 Å². The van der Waals surface area contributed by atoms with Crippen molar-refractivity contribution in [2.24, 2.45) is 5.92 Å². The zero-order chi connectivity index (χ0) is 16.1. The van der Waals surface area contributed by atoms with Crippen LogP contribution < -0.4 is 0 Å². The number of phenolic OH excluding ortho intramolecular Hbond substituents is 2. The Morgan fingerprint density at radius 2 is 2.00 bits per heavy atom. The largest absolute Gasteiger partial charge is 0.508 e. The molecule has 0 amide bonds. The van der Waals surface area contributed by atoms with Gasteiger partial charge in [-0.1, -0.05) is 6.92 Å². The summed E-state index contributed by atoms with van der Waals surface area (Å²) in [6, 6.07) is 3.82. The van der Waals surface area contributed by atoms with Crippen LogP contribution in [0.4, 0.5) is 0 Å². The monoisotopic (exact) mass is 309 g/mol. The molecule has 1 aromatic rings. The van der Waals surface area contributed by atoms with Gasteiger partial charge < -0.3 is 19.7 Å². The van der Waals surface area contributed by atoms with Gasteiger partial charge >= 0.3 is 5.97 Å². The van der Waals surface area contributed by atoms with Gasteiger partial charge in [0.1, 0.15) is 23.2 Å². The van der Waals surface area contributed by atoms with Crippen LogP contribution in [0.2, 0.25) is 0 Å². The number of rotatable bonds is 5. The van der Waals surface area contributed by atoms with Crippen LogP contribution in [0.25, 0.3) is 0 Å². The first kappa shape index (κ1) is 16.6. The third-order valence-electron chi connectivity index (χ3n) is 3.95. The maximum Gasteiger partial charge on any atom is 0.342 e. The van der Waals surface area contributed by atoms with Crippen LogP contribution in [0.3, 0.4) is 0 Å². The topological polar surface area (TPSA) is 79.2 Å². The highest BCUT2D eigenvalue weighted by atomic mass is 16.5. The average molecular weight is 309 g/mol. The van der Waals surface area contributed by atoms with E-state index in [9.17, 15) is 15.0 Å². The minimum absolute atomic E-state index is 0.0585. The molecule has 1 aliphatic heterocycles. The van der Waals surface area contributed by atoms with Crippen molar-refractivity contribution in [3.05, 3.63) is 23.8 Å². The van der Waals surface area contributed by atoms with E-state index in [2.05, 4.69) is 4.90 Å². The number of phenols is 2. The SMILES string of the molecule is C[C@H](CN1CCOCC1)[C@@H](C)OC(=O)c1ccc(O)cc1O. The molecule has 0 aliphatic carbocycles. The molecule has 6 heteroatoms. The molecule has 1 heterocycles. The molecule has 1 fully saturated rings. The van der Waals surface area contributed by atoms with Gasteiger partial charge in [0.2, 0.25) is 0 Å². The molecule has 6 nitrogen and oxygen atoms in total. The van der Waals surface area contributed by atoms with E-state index in [0.717, 1.165) is 38.9 Å². The summed E-state index contributed by atoms with van der Waals surface area (Å²) in [5, 5.41) is 18.9. The van der Waals surface area contributed by atoms with Crippen LogP contribution in [0.15, 0.2) is 18.2 Å². The molecule has 0 bridgehead atoms. The predicted octanol–water partition coefficient (Wildman–Crippen LogP) is 1.61. The molecule has 2 atom stereocenters. The predicted molar refractivity (Wildman–Crippen MR) is 81.1 cm³/mol. The van der Waals surface area contributed by atoms with Crippen LogP contribution in [0, 0.1) is 5.92 Å². The fourth-order valence-corrected chi connectivity index (χ4v) is 2.38. The number of morpholine rings is 1. The molecule has 0 unspecified atom stereocenters. The van der Waals surface area contributed by atoms with Crippen molar-refractivity contribution in [1.29, 1.82) is 0 Å². The van der Waals surface area contributed by atoms with E-state index in [1.54, 1.807) is 0 Å². The van der Waals surface area contributed by atoms with Crippen molar-refractivity contribution in [3.63, 3.8) is 0 Å². The number of benzene rings is 1. The third kappa shape index (κ3) is 4.35. The molecular formula is C16H23NO5. The molecule has 0 radical (unpaired) electrons. The van der Waals surface area contributed by atoms with Crippen molar-refractivity contribution in [2.75, 3.05) is 32.8 Å². The summed E-state index contributed by atoms with van der Waals surface area (Å²) in [6.45, 7) is 7.97. The van der Waals surface area contributed by atoms with Gasteiger partial charge in [-0.25, -0.2) is 4.79 Å². The smallest absolute Gasteiger partial charge is 0.342 e. The lowest BCUT2D eigenvalue weighted by molar-refractivity contribution is 0.000288. The Morgan fingerprint density at radius 3 is 2.64 bits per heavy atom. The molecule has 0 spiro atoms. The fraction of sp³-hybridized carbons (Fsp3) is 0.562. The highest BCUT2D eigenvalue weighted by molar-refractivity contribution is 5.92. The minimum atomic E-state index is -0.584. The Balaban J connectivity index is 1.89. The summed E-state index contributed by atoms with van der Waals surface area (Å²) in [7, 11) is 0. The van der Waals surface area contributed by atoms with E-state index in [4.69, 9.17) is 9.47 Å². The first-order chi connectivity index (χ1) is 10.5. The first-order valence-electron chi connectivity index (χ1n) is 7.50. The average Bonchev–Trinajstić information content (AvgIpc) is 2.47. The summed E-state index contributed by atoms with van der Waals surface area (Å²) in [6.07, 6.45) is -0.274. The molecule has 1 aliphatic rings. The van der Waals surface area contributed by atoms with Gasteiger partial charge in [0.25, 0.3) is 0 Å². The van der Waals surface area contributed by atoms with Crippen molar-refractivity contribution >= 4 is 5.97 Å². The molecular weight excluding hydrogens is 286 g/mol. The Bertz CT molecular complexity index is 513. The van der Waals surface area contributed by atoms with Crippen LogP contribution in [-0.4, -0.2) is 60.0 Å². The number of carbonyl (C=O) groups is 1. The van der Waals surface area contributed by atoms with Gasteiger partial charge in [0.05, 0.1) is 13.2 Å². The number of carbonyl (C=O) groups excluding carboxylic acids is 1. The lowest BCUT2D eigenvalue weighted by Gasteiger charge is -2.31. The highest BCUT2D eigenvalue weighted by Gasteiger charge is 2.23. The zero-order valence-corrected chi connectivity index (χ0v) is 13.0. The van der Waals surface area contributed by atoms with Crippen LogP contribution in [0.1, 0.15) is 24.2 Å². The highest BCUT2D eigenvalue weighted by Crippen LogP contribution is 2.24. The Morgan fingerprint density at radius 1 is 1.32 bits per heavy atom. The molecule has 0 saturated carbocycles. The van der Waals surface area contributed by atoms with Crippen molar-refractivity contribution in [3.8, 4) is 11.5 Å². The lowest BCUT2D eigenvalue weighted by atomic mass is 10.1. The van der Waals surface area contributed by atoms with E-state index in [1.165, 1.54) is 12.1 Å². The molecule has 2 rings (SSSR count). The summed E-state index contributed by atoms with van der Waals surface area (Å²) >= 11 is 0. The third-order valence-corrected chi connectivity index (χ3v) is 3.95. The van der Waals surface area contributed by atoms with E-state index in [1.807, 2.05) is 13.8 Å². The second-order valence-corrected chi connectivity index (χ2v) is 5.70. The summed E-state index contributed by atoms with van der Waals surface area (Å²) in [5.41, 5.74) is 0.0585. The first-order valence-corrected chi connectivity index (χ1v) is 7.50. The quantitative estimate of drug-likeness (QED) is 0.805. The second-order valence-electron chi connectivity index (χ2n) is 5.70. The minimum Gasteiger partial charge on any atom is -0.508 e. The zero-order valence-electron chi connectivity index (χ0n) is 13.0. The van der Waals surface area contributed by atoms with E-state index < -0.39 is 5.97 Å². The molecule has 22 heavy (non-hydrogen) atoms. The Hall–Kier alpha value is -1.79. The van der Waals surface area contributed by atoms with E-state index >= 15 is 0 Å². The van der Waals surface area contributed by atoms with Crippen LogP contribution >= 0.6 is 0 Å². The number of esters is 1. The van der Waals surface area contributed by atoms with Gasteiger partial charge in [-0.15, -0.1) is 0 Å². The number of hydrogen-bond acceptors (Lipinski definition) is 6. The van der Waals surface area contributed by atoms with Crippen LogP contribution in [0.5, 0.6) is 11.5 Å². The van der Waals surface area contributed by atoms with Crippen molar-refractivity contribution in [2.45, 2.75) is 20.0 Å². The summed E-state index contributed by atoms with van der Waals surface area (Å²) in [4.78, 5) is 14.4. The van der Waals surface area contributed by atoms with Crippen LogP contribution in [-0.2, 0) is 9.47 Å². The van der Waals surface area contributed by atoms with E-state index in [-0.39, 0.29) is 29.1 Å². The molecule has 1 saturated heterocycles. The number of aromatic hydroxyl groups is 2. The standard InChI is InChI=1S/C16H23NO5/c1-11(10-17-5-7-21-8-6-17)12(2)22-16(20)14-4-3-13(18)9-15(14)19/h3-4,9,11-12,18-19H,5-8,10H2,1-2H3/t11-,12-/m1/s1. The second kappa shape index (κ2) is 7.47. The van der Waals surface area contributed by atoms with Gasteiger partial charge in [0.15, 0.2) is 0 Å². The fourth-order valence-electron chi connectivity index (χ4n) is 2.38. The summed E-state index contributed by atoms with van der Waals surface area (Å²) < 4.78 is 10.7. The number of hydrogen-bond donors (Lipinski definition) is 2. The molecule has 2 N–H and O–H groups in total. The van der Waals surface area contributed by atoms with Crippen molar-refractivity contribution in [1.82, 2.24) is 4.90 Å².